The maximum Gasteiger partial charge on any atom is 0.0521 e. The molecule has 0 N–H and O–H groups in total. The highest BCUT2D eigenvalue weighted by atomic mass is 79.9. The highest BCUT2D eigenvalue weighted by Gasteiger charge is 2.13. The summed E-state index contributed by atoms with van der Waals surface area (Å²) in [5.74, 6) is 0. The molecule has 0 aliphatic heterocycles. The molecule has 1 aromatic rings. The van der Waals surface area contributed by atoms with Gasteiger partial charge in [0, 0.05) is 21.2 Å². The van der Waals surface area contributed by atoms with Crippen molar-refractivity contribution in [1.82, 2.24) is 0 Å². The monoisotopic (exact) mass is 276 g/mol. The van der Waals surface area contributed by atoms with Crippen molar-refractivity contribution in [2.45, 2.75) is 24.6 Å². The molecular formula is C10H10BrClS. The Morgan fingerprint density at radius 2 is 2.46 bits per heavy atom. The zero-order valence-corrected chi connectivity index (χ0v) is 10.3. The van der Waals surface area contributed by atoms with Gasteiger partial charge in [0.2, 0.25) is 0 Å². The summed E-state index contributed by atoms with van der Waals surface area (Å²) in [6.07, 6.45) is 5.57. The lowest BCUT2D eigenvalue weighted by Gasteiger charge is -1.96. The van der Waals surface area contributed by atoms with E-state index >= 15 is 0 Å². The van der Waals surface area contributed by atoms with Gasteiger partial charge in [-0.3, -0.25) is 0 Å². The van der Waals surface area contributed by atoms with E-state index in [-0.39, 0.29) is 5.38 Å². The first-order valence-corrected chi connectivity index (χ1v) is 6.41. The molecule has 1 unspecified atom stereocenters. The van der Waals surface area contributed by atoms with E-state index in [2.05, 4.69) is 33.5 Å². The number of allylic oxidation sites excluding steroid dienone is 2. The van der Waals surface area contributed by atoms with Gasteiger partial charge in [0.05, 0.1) is 5.38 Å². The smallest absolute Gasteiger partial charge is 0.0521 e. The van der Waals surface area contributed by atoms with Gasteiger partial charge in [-0.2, -0.15) is 0 Å². The minimum absolute atomic E-state index is 0.276. The summed E-state index contributed by atoms with van der Waals surface area (Å²) in [4.78, 5) is 1.42. The van der Waals surface area contributed by atoms with Crippen molar-refractivity contribution in [3.63, 3.8) is 0 Å². The summed E-state index contributed by atoms with van der Waals surface area (Å²) < 4.78 is 1.19. The molecule has 0 spiro atoms. The number of hydrogen-bond donors (Lipinski definition) is 0. The summed E-state index contributed by atoms with van der Waals surface area (Å²) in [5.41, 5.74) is 1.49. The van der Waals surface area contributed by atoms with Crippen LogP contribution in [0.2, 0.25) is 0 Å². The molecule has 1 aromatic heterocycles. The molecule has 1 heterocycles. The van der Waals surface area contributed by atoms with Crippen LogP contribution in [0.15, 0.2) is 27.6 Å². The van der Waals surface area contributed by atoms with E-state index in [0.29, 0.717) is 0 Å². The Kier molecular flexibility index (Phi) is 3.12. The van der Waals surface area contributed by atoms with Crippen molar-refractivity contribution in [3.05, 3.63) is 32.4 Å². The van der Waals surface area contributed by atoms with Gasteiger partial charge in [0.25, 0.3) is 0 Å². The van der Waals surface area contributed by atoms with Crippen LogP contribution in [0.4, 0.5) is 0 Å². The van der Waals surface area contributed by atoms with E-state index < -0.39 is 0 Å². The second kappa shape index (κ2) is 4.16. The molecule has 0 saturated heterocycles. The lowest BCUT2D eigenvalue weighted by Crippen LogP contribution is -1.82. The van der Waals surface area contributed by atoms with Crippen LogP contribution in [-0.4, -0.2) is 5.38 Å². The van der Waals surface area contributed by atoms with E-state index in [4.69, 9.17) is 11.6 Å². The number of thiophene rings is 1. The van der Waals surface area contributed by atoms with Gasteiger partial charge >= 0.3 is 0 Å². The molecule has 3 heteroatoms. The van der Waals surface area contributed by atoms with Crippen LogP contribution in [0.3, 0.4) is 0 Å². The predicted octanol–water partition coefficient (Wildman–Crippen LogP) is 4.38. The summed E-state index contributed by atoms with van der Waals surface area (Å²) in [6, 6.07) is 2.19. The fourth-order valence-electron chi connectivity index (χ4n) is 1.56. The van der Waals surface area contributed by atoms with Gasteiger partial charge in [-0.25, -0.2) is 0 Å². The standard InChI is InChI=1S/C10H10BrClS/c11-8-5-10(13-6-8)4-7-1-2-9(12)3-7/h3,5-6,9H,1-2,4H2. The summed E-state index contributed by atoms with van der Waals surface area (Å²) in [6.45, 7) is 0. The molecular weight excluding hydrogens is 268 g/mol. The first-order valence-electron chi connectivity index (χ1n) is 4.30. The van der Waals surface area contributed by atoms with Gasteiger partial charge in [0.1, 0.15) is 0 Å². The maximum absolute atomic E-state index is 6.00. The summed E-state index contributed by atoms with van der Waals surface area (Å²) in [7, 11) is 0. The topological polar surface area (TPSA) is 0 Å². The summed E-state index contributed by atoms with van der Waals surface area (Å²) in [5, 5.41) is 2.40. The molecule has 0 aromatic carbocycles. The van der Waals surface area contributed by atoms with Gasteiger partial charge in [-0.15, -0.1) is 22.9 Å². The van der Waals surface area contributed by atoms with E-state index in [0.717, 1.165) is 12.8 Å². The Morgan fingerprint density at radius 1 is 1.62 bits per heavy atom. The van der Waals surface area contributed by atoms with E-state index in [1.54, 1.807) is 11.3 Å². The van der Waals surface area contributed by atoms with Gasteiger partial charge in [-0.1, -0.05) is 11.6 Å². The second-order valence-electron chi connectivity index (χ2n) is 3.29. The van der Waals surface area contributed by atoms with Crippen molar-refractivity contribution in [1.29, 1.82) is 0 Å². The molecule has 1 aliphatic carbocycles. The lowest BCUT2D eigenvalue weighted by molar-refractivity contribution is 0.895. The van der Waals surface area contributed by atoms with Crippen molar-refractivity contribution >= 4 is 38.9 Å². The Balaban J connectivity index is 2.02. The van der Waals surface area contributed by atoms with Gasteiger partial charge in [0.15, 0.2) is 0 Å². The Hall–Kier alpha value is 0.210. The van der Waals surface area contributed by atoms with Crippen LogP contribution in [0.5, 0.6) is 0 Å². The molecule has 2 rings (SSSR count). The van der Waals surface area contributed by atoms with Crippen LogP contribution < -0.4 is 0 Å². The second-order valence-corrected chi connectivity index (χ2v) is 5.76. The molecule has 0 amide bonds. The average Bonchev–Trinajstić information content (AvgIpc) is 2.62. The Morgan fingerprint density at radius 3 is 3.00 bits per heavy atom. The molecule has 1 atom stereocenters. The van der Waals surface area contributed by atoms with Crippen LogP contribution in [0.25, 0.3) is 0 Å². The third-order valence-corrected chi connectivity index (χ3v) is 4.22. The quantitative estimate of drug-likeness (QED) is 0.556. The molecule has 0 saturated carbocycles. The Labute approximate surface area is 95.7 Å². The zero-order chi connectivity index (χ0) is 9.26. The van der Waals surface area contributed by atoms with E-state index in [1.165, 1.54) is 21.3 Å². The average molecular weight is 278 g/mol. The van der Waals surface area contributed by atoms with Crippen molar-refractivity contribution in [3.8, 4) is 0 Å². The SMILES string of the molecule is ClC1C=C(Cc2cc(Br)cs2)CC1. The van der Waals surface area contributed by atoms with Crippen LogP contribution in [0, 0.1) is 0 Å². The van der Waals surface area contributed by atoms with Crippen LogP contribution in [0.1, 0.15) is 17.7 Å². The van der Waals surface area contributed by atoms with Crippen LogP contribution in [-0.2, 0) is 6.42 Å². The number of hydrogen-bond acceptors (Lipinski definition) is 1. The summed E-state index contributed by atoms with van der Waals surface area (Å²) >= 11 is 11.3. The molecule has 70 valence electrons. The minimum atomic E-state index is 0.276. The van der Waals surface area contributed by atoms with Gasteiger partial charge < -0.3 is 0 Å². The zero-order valence-electron chi connectivity index (χ0n) is 7.09. The molecule has 0 nitrogen and oxygen atoms in total. The van der Waals surface area contributed by atoms with Crippen LogP contribution >= 0.6 is 38.9 Å². The molecule has 0 fully saturated rings. The van der Waals surface area contributed by atoms with Crippen molar-refractivity contribution < 1.29 is 0 Å². The molecule has 0 radical (unpaired) electrons. The third-order valence-electron chi connectivity index (χ3n) is 2.18. The maximum atomic E-state index is 6.00. The first-order chi connectivity index (χ1) is 6.24. The fraction of sp³-hybridized carbons (Fsp3) is 0.400. The Bertz CT molecular complexity index is 329. The number of halogens is 2. The molecule has 0 bridgehead atoms. The normalized spacial score (nSPS) is 22.0. The highest BCUT2D eigenvalue weighted by Crippen LogP contribution is 2.28. The molecule has 1 aliphatic rings. The lowest BCUT2D eigenvalue weighted by atomic mass is 10.1. The third kappa shape index (κ3) is 2.58. The van der Waals surface area contributed by atoms with Gasteiger partial charge in [-0.05, 0) is 34.8 Å². The minimum Gasteiger partial charge on any atom is -0.147 e. The van der Waals surface area contributed by atoms with Crippen molar-refractivity contribution in [2.75, 3.05) is 0 Å². The van der Waals surface area contributed by atoms with E-state index in [1.807, 2.05) is 0 Å². The molecule has 13 heavy (non-hydrogen) atoms. The highest BCUT2D eigenvalue weighted by molar-refractivity contribution is 9.10. The van der Waals surface area contributed by atoms with E-state index in [9.17, 15) is 0 Å². The first kappa shape index (κ1) is 9.75. The number of alkyl halides is 1. The predicted molar refractivity (Wildman–Crippen MR) is 62.7 cm³/mol. The number of rotatable bonds is 2. The largest absolute Gasteiger partial charge is 0.147 e. The van der Waals surface area contributed by atoms with Crippen molar-refractivity contribution in [2.24, 2.45) is 0 Å². The fourth-order valence-corrected chi connectivity index (χ4v) is 3.35.